The minimum Gasteiger partial charge on any atom is -0.495 e. The molecule has 0 saturated carbocycles. The molecule has 3 aromatic heterocycles. The molecule has 0 unspecified atom stereocenters. The summed E-state index contributed by atoms with van der Waals surface area (Å²) in [5.74, 6) is 2.43. The van der Waals surface area contributed by atoms with Crippen LogP contribution in [0.5, 0.6) is 28.9 Å². The number of aromatic amines is 1. The summed E-state index contributed by atoms with van der Waals surface area (Å²) in [6.45, 7) is 4.38. The molecule has 4 rings (SSSR count). The van der Waals surface area contributed by atoms with Gasteiger partial charge in [0.1, 0.15) is 12.1 Å². The van der Waals surface area contributed by atoms with E-state index in [1.807, 2.05) is 13.8 Å². The molecule has 2 N–H and O–H groups in total. The zero-order valence-electron chi connectivity index (χ0n) is 19.9. The minimum atomic E-state index is -0.266. The minimum absolute atomic E-state index is 0.00557. The molecule has 0 bridgehead atoms. The van der Waals surface area contributed by atoms with Crippen LogP contribution in [-0.2, 0) is 17.6 Å². The lowest BCUT2D eigenvalue weighted by molar-refractivity contribution is -0.115. The second-order valence-electron chi connectivity index (χ2n) is 7.41. The number of fused-ring (bicyclic) bond motifs is 1. The molecule has 0 fully saturated rings. The first-order valence-corrected chi connectivity index (χ1v) is 11.0. The first-order valence-electron chi connectivity index (χ1n) is 11.0. The van der Waals surface area contributed by atoms with Crippen LogP contribution in [-0.4, -0.2) is 51.9 Å². The fraction of sp³-hybridized carbons (Fsp3) is 0.292. The van der Waals surface area contributed by atoms with Gasteiger partial charge in [-0.2, -0.15) is 5.10 Å². The third kappa shape index (κ3) is 5.40. The number of nitrogens with zero attached hydrogens (tertiary/aromatic N) is 4. The maximum absolute atomic E-state index is 12.5. The van der Waals surface area contributed by atoms with Crippen LogP contribution in [0.2, 0.25) is 0 Å². The number of hydrogen-bond acceptors (Lipinski definition) is 9. The Morgan fingerprint density at radius 1 is 1.00 bits per heavy atom. The first kappa shape index (κ1) is 23.7. The van der Waals surface area contributed by atoms with E-state index in [1.165, 1.54) is 19.6 Å². The van der Waals surface area contributed by atoms with Gasteiger partial charge in [-0.3, -0.25) is 14.9 Å². The predicted octanol–water partition coefficient (Wildman–Crippen LogP) is 3.70. The van der Waals surface area contributed by atoms with Gasteiger partial charge in [0.05, 0.1) is 50.0 Å². The zero-order chi connectivity index (χ0) is 24.8. The number of aryl methyl sites for hydroxylation is 1. The lowest BCUT2D eigenvalue weighted by Gasteiger charge is -2.13. The van der Waals surface area contributed by atoms with Crippen LogP contribution >= 0.6 is 0 Å². The molecule has 4 aromatic rings. The maximum Gasteiger partial charge on any atom is 0.231 e. The van der Waals surface area contributed by atoms with Gasteiger partial charge in [0, 0.05) is 23.9 Å². The van der Waals surface area contributed by atoms with Crippen molar-refractivity contribution in [2.45, 2.75) is 26.7 Å². The van der Waals surface area contributed by atoms with Crippen LogP contribution in [0, 0.1) is 0 Å². The van der Waals surface area contributed by atoms with E-state index >= 15 is 0 Å². The Bertz CT molecular complexity index is 1340. The number of methoxy groups -OCH3 is 2. The summed E-state index contributed by atoms with van der Waals surface area (Å²) in [5, 5.41) is 10.3. The van der Waals surface area contributed by atoms with E-state index in [0.29, 0.717) is 57.9 Å². The number of amides is 1. The van der Waals surface area contributed by atoms with Crippen LogP contribution < -0.4 is 24.3 Å². The smallest absolute Gasteiger partial charge is 0.231 e. The van der Waals surface area contributed by atoms with Crippen molar-refractivity contribution in [1.82, 2.24) is 25.1 Å². The van der Waals surface area contributed by atoms with E-state index in [0.717, 1.165) is 12.1 Å². The fourth-order valence-electron chi connectivity index (χ4n) is 3.43. The standard InChI is InChI=1S/C24H26N6O5/c1-5-14-7-22(30-29-14)28-23(31)11-18-19(32-3)8-15(12-25-18)35-24-16-9-20(33-4)21(34-6-2)10-17(16)26-13-27-24/h7-10,12-13H,5-6,11H2,1-4H3,(H2,28,29,30,31). The maximum atomic E-state index is 12.5. The van der Waals surface area contributed by atoms with Crippen molar-refractivity contribution in [3.05, 3.63) is 48.2 Å². The highest BCUT2D eigenvalue weighted by Crippen LogP contribution is 2.36. The van der Waals surface area contributed by atoms with Crippen LogP contribution in [0.4, 0.5) is 5.82 Å². The fourth-order valence-corrected chi connectivity index (χ4v) is 3.43. The predicted molar refractivity (Wildman–Crippen MR) is 128 cm³/mol. The van der Waals surface area contributed by atoms with Gasteiger partial charge >= 0.3 is 0 Å². The largest absolute Gasteiger partial charge is 0.495 e. The van der Waals surface area contributed by atoms with E-state index in [-0.39, 0.29) is 12.3 Å². The molecular weight excluding hydrogens is 452 g/mol. The third-order valence-corrected chi connectivity index (χ3v) is 5.13. The van der Waals surface area contributed by atoms with Crippen molar-refractivity contribution in [1.29, 1.82) is 0 Å². The van der Waals surface area contributed by atoms with Crippen LogP contribution in [0.15, 0.2) is 36.8 Å². The lowest BCUT2D eigenvalue weighted by atomic mass is 10.2. The number of hydrogen-bond donors (Lipinski definition) is 2. The number of nitrogens with one attached hydrogen (secondary N) is 2. The molecule has 1 aromatic carbocycles. The highest BCUT2D eigenvalue weighted by molar-refractivity contribution is 5.91. The molecule has 182 valence electrons. The van der Waals surface area contributed by atoms with Gasteiger partial charge in [0.15, 0.2) is 23.1 Å². The number of anilines is 1. The molecule has 11 heteroatoms. The SMILES string of the molecule is CCOc1cc2ncnc(Oc3cnc(CC(=O)Nc4cc(CC)[nH]n4)c(OC)c3)c2cc1OC. The second kappa shape index (κ2) is 10.7. The molecule has 0 aliphatic heterocycles. The number of benzene rings is 1. The summed E-state index contributed by atoms with van der Waals surface area (Å²) >= 11 is 0. The summed E-state index contributed by atoms with van der Waals surface area (Å²) in [5.41, 5.74) is 2.03. The average molecular weight is 479 g/mol. The second-order valence-corrected chi connectivity index (χ2v) is 7.41. The lowest BCUT2D eigenvalue weighted by Crippen LogP contribution is -2.16. The van der Waals surface area contributed by atoms with Crippen LogP contribution in [0.3, 0.4) is 0 Å². The Hall–Kier alpha value is -4.41. The van der Waals surface area contributed by atoms with E-state index in [9.17, 15) is 4.79 Å². The van der Waals surface area contributed by atoms with Gasteiger partial charge in [-0.15, -0.1) is 0 Å². The molecule has 0 radical (unpaired) electrons. The van der Waals surface area contributed by atoms with Crippen molar-refractivity contribution in [2.24, 2.45) is 0 Å². The Kier molecular flexibility index (Phi) is 7.24. The molecule has 0 aliphatic rings. The van der Waals surface area contributed by atoms with Crippen LogP contribution in [0.25, 0.3) is 10.9 Å². The first-order chi connectivity index (χ1) is 17.0. The Balaban J connectivity index is 1.54. The number of carbonyl (C=O) groups excluding carboxylic acids is 1. The molecule has 0 aliphatic carbocycles. The summed E-state index contributed by atoms with van der Waals surface area (Å²) < 4.78 is 22.5. The summed E-state index contributed by atoms with van der Waals surface area (Å²) in [6, 6.07) is 6.98. The number of carbonyl (C=O) groups is 1. The van der Waals surface area contributed by atoms with Crippen molar-refractivity contribution < 1.29 is 23.7 Å². The highest BCUT2D eigenvalue weighted by atomic mass is 16.5. The normalized spacial score (nSPS) is 10.7. The molecule has 3 heterocycles. The zero-order valence-corrected chi connectivity index (χ0v) is 19.9. The van der Waals surface area contributed by atoms with Gasteiger partial charge in [-0.1, -0.05) is 6.92 Å². The number of aromatic nitrogens is 5. The number of H-pyrrole nitrogens is 1. The molecule has 0 spiro atoms. The molecular formula is C24H26N6O5. The quantitative estimate of drug-likeness (QED) is 0.350. The average Bonchev–Trinajstić information content (AvgIpc) is 3.32. The van der Waals surface area contributed by atoms with E-state index < -0.39 is 0 Å². The summed E-state index contributed by atoms with van der Waals surface area (Å²) in [4.78, 5) is 25.4. The third-order valence-electron chi connectivity index (χ3n) is 5.13. The van der Waals surface area contributed by atoms with Crippen molar-refractivity contribution >= 4 is 22.6 Å². The molecule has 0 atom stereocenters. The summed E-state index contributed by atoms with van der Waals surface area (Å²) in [7, 11) is 3.07. The molecule has 1 amide bonds. The molecule has 11 nitrogen and oxygen atoms in total. The summed E-state index contributed by atoms with van der Waals surface area (Å²) in [6.07, 6.45) is 3.71. The van der Waals surface area contributed by atoms with E-state index in [4.69, 9.17) is 18.9 Å². The number of pyridine rings is 1. The van der Waals surface area contributed by atoms with Crippen molar-refractivity contribution in [3.63, 3.8) is 0 Å². The number of rotatable bonds is 10. The van der Waals surface area contributed by atoms with Gasteiger partial charge in [0.2, 0.25) is 11.8 Å². The Labute approximate surface area is 201 Å². The Morgan fingerprint density at radius 3 is 2.54 bits per heavy atom. The molecule has 0 saturated heterocycles. The monoisotopic (exact) mass is 478 g/mol. The molecule has 35 heavy (non-hydrogen) atoms. The van der Waals surface area contributed by atoms with E-state index in [2.05, 4.69) is 30.5 Å². The van der Waals surface area contributed by atoms with Crippen molar-refractivity contribution in [2.75, 3.05) is 26.1 Å². The highest BCUT2D eigenvalue weighted by Gasteiger charge is 2.16. The number of ether oxygens (including phenoxy) is 4. The van der Waals surface area contributed by atoms with Gasteiger partial charge in [-0.05, 0) is 19.4 Å². The topological polar surface area (TPSA) is 133 Å². The van der Waals surface area contributed by atoms with Gasteiger partial charge in [-0.25, -0.2) is 9.97 Å². The van der Waals surface area contributed by atoms with E-state index in [1.54, 1.807) is 31.4 Å². The Morgan fingerprint density at radius 2 is 1.83 bits per heavy atom. The van der Waals surface area contributed by atoms with Gasteiger partial charge in [0.25, 0.3) is 0 Å². The van der Waals surface area contributed by atoms with Crippen molar-refractivity contribution in [3.8, 4) is 28.9 Å². The van der Waals surface area contributed by atoms with Crippen LogP contribution in [0.1, 0.15) is 25.2 Å². The van der Waals surface area contributed by atoms with Gasteiger partial charge < -0.3 is 24.3 Å².